The Bertz CT molecular complexity index is 380. The molecule has 6 heteroatoms. The van der Waals surface area contributed by atoms with Gasteiger partial charge in [0.05, 0.1) is 4.92 Å². The molecule has 76 valence electrons. The first-order chi connectivity index (χ1) is 6.43. The maximum Gasteiger partial charge on any atom is 0.290 e. The summed E-state index contributed by atoms with van der Waals surface area (Å²) in [7, 11) is 0. The van der Waals surface area contributed by atoms with Crippen LogP contribution in [0.1, 0.15) is 23.4 Å². The number of nitrogens with zero attached hydrogens (tertiary/aromatic N) is 2. The Labute approximate surface area is 78.7 Å². The van der Waals surface area contributed by atoms with Crippen LogP contribution < -0.4 is 0 Å². The van der Waals surface area contributed by atoms with Crippen LogP contribution in [0.4, 0.5) is 14.5 Å². The van der Waals surface area contributed by atoms with Crippen molar-refractivity contribution >= 4 is 5.69 Å². The van der Waals surface area contributed by atoms with Crippen LogP contribution in [-0.2, 0) is 0 Å². The van der Waals surface area contributed by atoms with Crippen molar-refractivity contribution in [1.82, 2.24) is 4.98 Å². The maximum absolute atomic E-state index is 12.3. The summed E-state index contributed by atoms with van der Waals surface area (Å²) in [6, 6.07) is 0.877. The molecule has 0 unspecified atom stereocenters. The number of alkyl halides is 2. The molecule has 4 nitrogen and oxygen atoms in total. The number of halogens is 2. The first-order valence-electron chi connectivity index (χ1n) is 3.84. The van der Waals surface area contributed by atoms with E-state index in [0.29, 0.717) is 0 Å². The molecule has 0 amide bonds. The van der Waals surface area contributed by atoms with Crippen molar-refractivity contribution in [2.75, 3.05) is 0 Å². The van der Waals surface area contributed by atoms with E-state index in [1.54, 1.807) is 0 Å². The summed E-state index contributed by atoms with van der Waals surface area (Å²) in [5, 5.41) is 10.4. The molecular formula is C8H8F2N2O2. The zero-order valence-electron chi connectivity index (χ0n) is 7.62. The average molecular weight is 202 g/mol. The van der Waals surface area contributed by atoms with Crippen molar-refractivity contribution in [3.8, 4) is 0 Å². The standard InChI is InChI=1S/C8H8F2N2O2/c1-4-6(8(9)10)3-7(12(13)14)5(2)11-4/h3,8H,1-2H3. The monoisotopic (exact) mass is 202 g/mol. The molecule has 0 aliphatic carbocycles. The van der Waals surface area contributed by atoms with Gasteiger partial charge in [-0.05, 0) is 13.8 Å². The molecular weight excluding hydrogens is 194 g/mol. The SMILES string of the molecule is Cc1nc(C)c([N+](=O)[O-])cc1C(F)F. The molecule has 0 N–H and O–H groups in total. The number of hydrogen-bond donors (Lipinski definition) is 0. The summed E-state index contributed by atoms with van der Waals surface area (Å²) >= 11 is 0. The van der Waals surface area contributed by atoms with Gasteiger partial charge in [-0.25, -0.2) is 8.78 Å². The molecule has 0 radical (unpaired) electrons. The summed E-state index contributed by atoms with van der Waals surface area (Å²) in [5.41, 5.74) is -0.479. The van der Waals surface area contributed by atoms with Crippen molar-refractivity contribution in [3.63, 3.8) is 0 Å². The summed E-state index contributed by atoms with van der Waals surface area (Å²) in [5.74, 6) is 0. The Kier molecular flexibility index (Phi) is 2.73. The minimum Gasteiger partial charge on any atom is -0.258 e. The molecule has 0 aromatic carbocycles. The van der Waals surface area contributed by atoms with E-state index in [1.807, 2.05) is 0 Å². The second-order valence-corrected chi connectivity index (χ2v) is 2.83. The van der Waals surface area contributed by atoms with Crippen LogP contribution in [0.15, 0.2) is 6.07 Å². The highest BCUT2D eigenvalue weighted by Gasteiger charge is 2.19. The molecule has 0 saturated heterocycles. The third-order valence-corrected chi connectivity index (χ3v) is 1.85. The molecule has 0 saturated carbocycles. The van der Waals surface area contributed by atoms with Gasteiger partial charge in [0.1, 0.15) is 5.69 Å². The van der Waals surface area contributed by atoms with E-state index >= 15 is 0 Å². The van der Waals surface area contributed by atoms with Gasteiger partial charge in [-0.3, -0.25) is 15.1 Å². The van der Waals surface area contributed by atoms with E-state index in [0.717, 1.165) is 6.07 Å². The van der Waals surface area contributed by atoms with Crippen molar-refractivity contribution < 1.29 is 13.7 Å². The second-order valence-electron chi connectivity index (χ2n) is 2.83. The van der Waals surface area contributed by atoms with Crippen LogP contribution in [-0.4, -0.2) is 9.91 Å². The van der Waals surface area contributed by atoms with Crippen LogP contribution in [0.3, 0.4) is 0 Å². The van der Waals surface area contributed by atoms with E-state index in [9.17, 15) is 18.9 Å². The first-order valence-corrected chi connectivity index (χ1v) is 3.84. The van der Waals surface area contributed by atoms with Gasteiger partial charge in [0.2, 0.25) is 0 Å². The average Bonchev–Trinajstić information content (AvgIpc) is 2.02. The lowest BCUT2D eigenvalue weighted by atomic mass is 10.1. The lowest BCUT2D eigenvalue weighted by molar-refractivity contribution is -0.385. The van der Waals surface area contributed by atoms with Crippen molar-refractivity contribution in [2.24, 2.45) is 0 Å². The number of pyridine rings is 1. The molecule has 0 bridgehead atoms. The quantitative estimate of drug-likeness (QED) is 0.547. The molecule has 0 aliphatic heterocycles. The van der Waals surface area contributed by atoms with E-state index in [2.05, 4.69) is 4.98 Å². The zero-order chi connectivity index (χ0) is 10.9. The van der Waals surface area contributed by atoms with Crippen molar-refractivity contribution in [2.45, 2.75) is 20.3 Å². The highest BCUT2D eigenvalue weighted by molar-refractivity contribution is 5.40. The molecule has 1 aromatic rings. The highest BCUT2D eigenvalue weighted by atomic mass is 19.3. The number of aryl methyl sites for hydroxylation is 2. The molecule has 0 atom stereocenters. The third-order valence-electron chi connectivity index (χ3n) is 1.85. The summed E-state index contributed by atoms with van der Waals surface area (Å²) in [4.78, 5) is 13.4. The zero-order valence-corrected chi connectivity index (χ0v) is 7.62. The molecule has 0 fully saturated rings. The minimum atomic E-state index is -2.73. The largest absolute Gasteiger partial charge is 0.290 e. The van der Waals surface area contributed by atoms with Crippen molar-refractivity contribution in [3.05, 3.63) is 33.1 Å². The highest BCUT2D eigenvalue weighted by Crippen LogP contribution is 2.27. The van der Waals surface area contributed by atoms with Gasteiger partial charge < -0.3 is 0 Å². The van der Waals surface area contributed by atoms with E-state index in [1.165, 1.54) is 13.8 Å². The topological polar surface area (TPSA) is 56.0 Å². The first kappa shape index (κ1) is 10.5. The third kappa shape index (κ3) is 1.84. The predicted molar refractivity (Wildman–Crippen MR) is 45.3 cm³/mol. The summed E-state index contributed by atoms with van der Waals surface area (Å²) in [6.07, 6.45) is -2.73. The van der Waals surface area contributed by atoms with Crippen LogP contribution in [0.2, 0.25) is 0 Å². The molecule has 1 aromatic heterocycles. The van der Waals surface area contributed by atoms with Gasteiger partial charge in [0.25, 0.3) is 12.1 Å². The predicted octanol–water partition coefficient (Wildman–Crippen LogP) is 2.54. The second kappa shape index (κ2) is 3.65. The number of hydrogen-bond acceptors (Lipinski definition) is 3. The molecule has 0 spiro atoms. The Balaban J connectivity index is 3.34. The fraction of sp³-hybridized carbons (Fsp3) is 0.375. The normalized spacial score (nSPS) is 10.6. The Morgan fingerprint density at radius 3 is 2.43 bits per heavy atom. The number of aromatic nitrogens is 1. The summed E-state index contributed by atoms with van der Waals surface area (Å²) < 4.78 is 24.7. The van der Waals surface area contributed by atoms with E-state index < -0.39 is 11.3 Å². The fourth-order valence-electron chi connectivity index (χ4n) is 1.14. The van der Waals surface area contributed by atoms with Gasteiger partial charge in [-0.2, -0.15) is 0 Å². The smallest absolute Gasteiger partial charge is 0.258 e. The Hall–Kier alpha value is -1.59. The van der Waals surface area contributed by atoms with Gasteiger partial charge in [0.15, 0.2) is 0 Å². The van der Waals surface area contributed by atoms with Gasteiger partial charge in [0, 0.05) is 17.3 Å². The van der Waals surface area contributed by atoms with Crippen molar-refractivity contribution in [1.29, 1.82) is 0 Å². The van der Waals surface area contributed by atoms with Crippen LogP contribution in [0.5, 0.6) is 0 Å². The number of rotatable bonds is 2. The van der Waals surface area contributed by atoms with Gasteiger partial charge in [-0.1, -0.05) is 0 Å². The lowest BCUT2D eigenvalue weighted by Crippen LogP contribution is -2.00. The molecule has 0 aliphatic rings. The molecule has 1 rings (SSSR count). The Morgan fingerprint density at radius 2 is 2.00 bits per heavy atom. The lowest BCUT2D eigenvalue weighted by Gasteiger charge is -2.05. The summed E-state index contributed by atoms with van der Waals surface area (Å²) in [6.45, 7) is 2.82. The van der Waals surface area contributed by atoms with E-state index in [4.69, 9.17) is 0 Å². The van der Waals surface area contributed by atoms with Gasteiger partial charge >= 0.3 is 0 Å². The van der Waals surface area contributed by atoms with E-state index in [-0.39, 0.29) is 22.6 Å². The molecule has 14 heavy (non-hydrogen) atoms. The number of nitro groups is 1. The molecule has 1 heterocycles. The van der Waals surface area contributed by atoms with Crippen LogP contribution >= 0.6 is 0 Å². The minimum absolute atomic E-state index is 0.128. The van der Waals surface area contributed by atoms with Crippen LogP contribution in [0, 0.1) is 24.0 Å². The van der Waals surface area contributed by atoms with Crippen LogP contribution in [0.25, 0.3) is 0 Å². The maximum atomic E-state index is 12.3. The fourth-order valence-corrected chi connectivity index (χ4v) is 1.14. The Morgan fingerprint density at radius 1 is 1.43 bits per heavy atom. The van der Waals surface area contributed by atoms with Gasteiger partial charge in [-0.15, -0.1) is 0 Å².